The van der Waals surface area contributed by atoms with E-state index in [0.29, 0.717) is 5.92 Å². The van der Waals surface area contributed by atoms with Crippen LogP contribution in [0.5, 0.6) is 0 Å². The molecule has 0 radical (unpaired) electrons. The summed E-state index contributed by atoms with van der Waals surface area (Å²) in [6.07, 6.45) is 3.22. The normalized spacial score (nSPS) is 16.0. The number of hydrogen-bond donors (Lipinski definition) is 1. The third-order valence-electron chi connectivity index (χ3n) is 3.90. The quantitative estimate of drug-likeness (QED) is 0.862. The lowest BCUT2D eigenvalue weighted by Crippen LogP contribution is -2.38. The number of hydrogen-bond acceptors (Lipinski definition) is 2. The standard InChI is InChI=1S/C18H24N2O/c1-2-3-7-12-20-13-10-16(11-14-20)15-19-18(21)17-8-5-4-6-9-17/h4-6,8-9,16H,2,10-15H2,1H3,(H,19,21). The number of benzene rings is 1. The molecule has 21 heavy (non-hydrogen) atoms. The molecule has 0 spiro atoms. The van der Waals surface area contributed by atoms with Crippen molar-refractivity contribution in [3.63, 3.8) is 0 Å². The zero-order valence-corrected chi connectivity index (χ0v) is 12.8. The van der Waals surface area contributed by atoms with Crippen LogP contribution in [0, 0.1) is 17.8 Å². The molecule has 112 valence electrons. The fraction of sp³-hybridized carbons (Fsp3) is 0.500. The number of piperidine rings is 1. The van der Waals surface area contributed by atoms with E-state index in [-0.39, 0.29) is 5.91 Å². The van der Waals surface area contributed by atoms with Gasteiger partial charge in [-0.1, -0.05) is 31.0 Å². The van der Waals surface area contributed by atoms with Gasteiger partial charge in [0.2, 0.25) is 0 Å². The molecule has 1 N–H and O–H groups in total. The molecule has 1 heterocycles. The van der Waals surface area contributed by atoms with E-state index in [0.717, 1.165) is 51.0 Å². The summed E-state index contributed by atoms with van der Waals surface area (Å²) in [6.45, 7) is 5.92. The second-order valence-corrected chi connectivity index (χ2v) is 5.50. The molecule has 3 nitrogen and oxygen atoms in total. The second-order valence-electron chi connectivity index (χ2n) is 5.50. The van der Waals surface area contributed by atoms with E-state index in [9.17, 15) is 4.79 Å². The minimum Gasteiger partial charge on any atom is -0.352 e. The Morgan fingerprint density at radius 3 is 2.62 bits per heavy atom. The minimum absolute atomic E-state index is 0.0341. The SMILES string of the molecule is CCC#CCN1CCC(CNC(=O)c2ccccc2)CC1. The fourth-order valence-electron chi connectivity index (χ4n) is 2.57. The van der Waals surface area contributed by atoms with Crippen molar-refractivity contribution in [2.24, 2.45) is 5.92 Å². The molecular weight excluding hydrogens is 260 g/mol. The van der Waals surface area contributed by atoms with Crippen LogP contribution in [0.2, 0.25) is 0 Å². The largest absolute Gasteiger partial charge is 0.352 e. The zero-order valence-electron chi connectivity index (χ0n) is 12.8. The first-order valence-corrected chi connectivity index (χ1v) is 7.81. The molecule has 1 saturated heterocycles. The Kier molecular flexibility index (Phi) is 6.30. The maximum Gasteiger partial charge on any atom is 0.251 e. The van der Waals surface area contributed by atoms with Crippen molar-refractivity contribution in [3.8, 4) is 11.8 Å². The predicted octanol–water partition coefficient (Wildman–Crippen LogP) is 2.54. The van der Waals surface area contributed by atoms with E-state index in [1.54, 1.807) is 0 Å². The van der Waals surface area contributed by atoms with Crippen molar-refractivity contribution in [1.82, 2.24) is 10.2 Å². The van der Waals surface area contributed by atoms with Crippen LogP contribution < -0.4 is 5.32 Å². The van der Waals surface area contributed by atoms with E-state index in [2.05, 4.69) is 29.0 Å². The van der Waals surface area contributed by atoms with Gasteiger partial charge in [-0.3, -0.25) is 9.69 Å². The van der Waals surface area contributed by atoms with Gasteiger partial charge in [0.25, 0.3) is 5.91 Å². The summed E-state index contributed by atoms with van der Waals surface area (Å²) in [5.74, 6) is 6.94. The van der Waals surface area contributed by atoms with Gasteiger partial charge in [-0.25, -0.2) is 0 Å². The van der Waals surface area contributed by atoms with Gasteiger partial charge in [0.1, 0.15) is 0 Å². The van der Waals surface area contributed by atoms with E-state index in [1.807, 2.05) is 30.3 Å². The van der Waals surface area contributed by atoms with Gasteiger partial charge in [0.15, 0.2) is 0 Å². The van der Waals surface area contributed by atoms with Crippen molar-refractivity contribution >= 4 is 5.91 Å². The molecule has 0 atom stereocenters. The molecule has 1 aromatic rings. The lowest BCUT2D eigenvalue weighted by Gasteiger charge is -2.30. The van der Waals surface area contributed by atoms with Gasteiger partial charge in [0, 0.05) is 18.5 Å². The Morgan fingerprint density at radius 1 is 1.24 bits per heavy atom. The van der Waals surface area contributed by atoms with Gasteiger partial charge in [0.05, 0.1) is 6.54 Å². The summed E-state index contributed by atoms with van der Waals surface area (Å²) >= 11 is 0. The van der Waals surface area contributed by atoms with Crippen LogP contribution in [-0.2, 0) is 0 Å². The summed E-state index contributed by atoms with van der Waals surface area (Å²) in [6, 6.07) is 9.41. The Morgan fingerprint density at radius 2 is 1.95 bits per heavy atom. The third-order valence-corrected chi connectivity index (χ3v) is 3.90. The van der Waals surface area contributed by atoms with Crippen LogP contribution in [0.1, 0.15) is 36.5 Å². The molecule has 1 fully saturated rings. The average molecular weight is 284 g/mol. The Labute approximate surface area is 127 Å². The number of nitrogens with zero attached hydrogens (tertiary/aromatic N) is 1. The summed E-state index contributed by atoms with van der Waals surface area (Å²) in [4.78, 5) is 14.4. The highest BCUT2D eigenvalue weighted by Crippen LogP contribution is 2.16. The monoisotopic (exact) mass is 284 g/mol. The number of carbonyl (C=O) groups is 1. The summed E-state index contributed by atoms with van der Waals surface area (Å²) in [7, 11) is 0. The molecule has 2 rings (SSSR count). The Hall–Kier alpha value is -1.79. The minimum atomic E-state index is 0.0341. The molecule has 0 aromatic heterocycles. The summed E-state index contributed by atoms with van der Waals surface area (Å²) < 4.78 is 0. The topological polar surface area (TPSA) is 32.3 Å². The van der Waals surface area contributed by atoms with Gasteiger partial charge < -0.3 is 5.32 Å². The van der Waals surface area contributed by atoms with E-state index in [1.165, 1.54) is 0 Å². The van der Waals surface area contributed by atoms with Crippen molar-refractivity contribution in [2.75, 3.05) is 26.2 Å². The van der Waals surface area contributed by atoms with Gasteiger partial charge in [-0.15, -0.1) is 5.92 Å². The van der Waals surface area contributed by atoms with Crippen LogP contribution in [0.25, 0.3) is 0 Å². The first kappa shape index (κ1) is 15.6. The average Bonchev–Trinajstić information content (AvgIpc) is 2.55. The Balaban J connectivity index is 1.68. The zero-order chi connectivity index (χ0) is 14.9. The maximum absolute atomic E-state index is 12.0. The molecule has 3 heteroatoms. The molecule has 1 aromatic carbocycles. The lowest BCUT2D eigenvalue weighted by atomic mass is 9.96. The third kappa shape index (κ3) is 5.24. The number of amides is 1. The first-order valence-electron chi connectivity index (χ1n) is 7.81. The highest BCUT2D eigenvalue weighted by atomic mass is 16.1. The number of carbonyl (C=O) groups excluding carboxylic acids is 1. The number of likely N-dealkylation sites (tertiary alicyclic amines) is 1. The number of rotatable bonds is 4. The molecule has 0 saturated carbocycles. The molecule has 1 amide bonds. The molecule has 0 unspecified atom stereocenters. The highest BCUT2D eigenvalue weighted by molar-refractivity contribution is 5.94. The lowest BCUT2D eigenvalue weighted by molar-refractivity contribution is 0.0938. The van der Waals surface area contributed by atoms with E-state index < -0.39 is 0 Å². The predicted molar refractivity (Wildman–Crippen MR) is 86.0 cm³/mol. The summed E-state index contributed by atoms with van der Waals surface area (Å²) in [5, 5.41) is 3.05. The molecule has 0 bridgehead atoms. The number of nitrogens with one attached hydrogen (secondary N) is 1. The van der Waals surface area contributed by atoms with Crippen LogP contribution >= 0.6 is 0 Å². The molecular formula is C18H24N2O. The van der Waals surface area contributed by atoms with Crippen molar-refractivity contribution in [3.05, 3.63) is 35.9 Å². The molecule has 0 aliphatic carbocycles. The van der Waals surface area contributed by atoms with Crippen LogP contribution in [0.15, 0.2) is 30.3 Å². The van der Waals surface area contributed by atoms with Crippen molar-refractivity contribution in [1.29, 1.82) is 0 Å². The Bertz CT molecular complexity index is 493. The molecule has 1 aliphatic rings. The second kappa shape index (κ2) is 8.49. The molecule has 1 aliphatic heterocycles. The first-order chi connectivity index (χ1) is 10.3. The van der Waals surface area contributed by atoms with Crippen molar-refractivity contribution in [2.45, 2.75) is 26.2 Å². The van der Waals surface area contributed by atoms with Gasteiger partial charge in [-0.05, 0) is 44.0 Å². The van der Waals surface area contributed by atoms with Crippen LogP contribution in [0.3, 0.4) is 0 Å². The fourth-order valence-corrected chi connectivity index (χ4v) is 2.57. The highest BCUT2D eigenvalue weighted by Gasteiger charge is 2.19. The van der Waals surface area contributed by atoms with Gasteiger partial charge >= 0.3 is 0 Å². The van der Waals surface area contributed by atoms with Gasteiger partial charge in [-0.2, -0.15) is 0 Å². The smallest absolute Gasteiger partial charge is 0.251 e. The van der Waals surface area contributed by atoms with E-state index >= 15 is 0 Å². The van der Waals surface area contributed by atoms with E-state index in [4.69, 9.17) is 0 Å². The maximum atomic E-state index is 12.0. The van der Waals surface area contributed by atoms with Crippen molar-refractivity contribution < 1.29 is 4.79 Å². The summed E-state index contributed by atoms with van der Waals surface area (Å²) in [5.41, 5.74) is 0.741. The van der Waals surface area contributed by atoms with Crippen LogP contribution in [0.4, 0.5) is 0 Å². The van der Waals surface area contributed by atoms with Crippen LogP contribution in [-0.4, -0.2) is 37.0 Å².